The van der Waals surface area contributed by atoms with Gasteiger partial charge in [0.1, 0.15) is 0 Å². The van der Waals surface area contributed by atoms with Gasteiger partial charge in [-0.15, -0.1) is 0 Å². The van der Waals surface area contributed by atoms with Crippen LogP contribution in [-0.4, -0.2) is 18.1 Å². The normalized spacial score (nSPS) is 31.5. The number of nitrogens with two attached hydrogens (primary N) is 1. The predicted molar refractivity (Wildman–Crippen MR) is 63.7 cm³/mol. The average molecular weight is 204 g/mol. The Balaban J connectivity index is 1.94. The fourth-order valence-electron chi connectivity index (χ4n) is 2.50. The molecule has 1 aliphatic rings. The van der Waals surface area contributed by atoms with E-state index in [1.807, 2.05) is 0 Å². The highest BCUT2D eigenvalue weighted by Crippen LogP contribution is 2.15. The number of nitrogens with one attached hydrogen (secondary N) is 1. The molecule has 0 unspecified atom stereocenters. The lowest BCUT2D eigenvalue weighted by atomic mass is 9.91. The molecule has 1 aromatic rings. The number of hydrogen-bond acceptors (Lipinski definition) is 2. The molecule has 82 valence electrons. The van der Waals surface area contributed by atoms with Gasteiger partial charge in [0, 0.05) is 18.1 Å². The van der Waals surface area contributed by atoms with Crippen molar-refractivity contribution in [3.8, 4) is 0 Å². The largest absolute Gasteiger partial charge is 0.328 e. The molecule has 2 rings (SSSR count). The lowest BCUT2D eigenvalue weighted by Gasteiger charge is -2.33. The van der Waals surface area contributed by atoms with Gasteiger partial charge >= 0.3 is 0 Å². The van der Waals surface area contributed by atoms with Crippen molar-refractivity contribution in [2.45, 2.75) is 44.3 Å². The molecule has 2 heteroatoms. The van der Waals surface area contributed by atoms with E-state index < -0.39 is 0 Å². The summed E-state index contributed by atoms with van der Waals surface area (Å²) in [6.45, 7) is 2.22. The van der Waals surface area contributed by atoms with Gasteiger partial charge in [0.05, 0.1) is 0 Å². The molecule has 3 N–H and O–H groups in total. The Kier molecular flexibility index (Phi) is 3.39. The summed E-state index contributed by atoms with van der Waals surface area (Å²) in [5.41, 5.74) is 7.43. The van der Waals surface area contributed by atoms with Crippen molar-refractivity contribution >= 4 is 0 Å². The highest BCUT2D eigenvalue weighted by atomic mass is 15.0. The Morgan fingerprint density at radius 3 is 2.67 bits per heavy atom. The van der Waals surface area contributed by atoms with Gasteiger partial charge in [0.15, 0.2) is 0 Å². The SMILES string of the molecule is C[C@H]1C[C@H](N)C[C@@H](Cc2ccccc2)N1. The van der Waals surface area contributed by atoms with Gasteiger partial charge in [0.25, 0.3) is 0 Å². The quantitative estimate of drug-likeness (QED) is 0.769. The van der Waals surface area contributed by atoms with Crippen LogP contribution in [0.3, 0.4) is 0 Å². The monoisotopic (exact) mass is 204 g/mol. The fraction of sp³-hybridized carbons (Fsp3) is 0.538. The van der Waals surface area contributed by atoms with Gasteiger partial charge in [-0.1, -0.05) is 30.3 Å². The summed E-state index contributed by atoms with van der Waals surface area (Å²) in [4.78, 5) is 0. The smallest absolute Gasteiger partial charge is 0.0125 e. The minimum atomic E-state index is 0.370. The van der Waals surface area contributed by atoms with Crippen molar-refractivity contribution in [3.05, 3.63) is 35.9 Å². The first-order valence-electron chi connectivity index (χ1n) is 5.79. The van der Waals surface area contributed by atoms with Gasteiger partial charge in [0.2, 0.25) is 0 Å². The van der Waals surface area contributed by atoms with E-state index in [1.165, 1.54) is 5.56 Å². The van der Waals surface area contributed by atoms with E-state index in [1.54, 1.807) is 0 Å². The second kappa shape index (κ2) is 4.77. The van der Waals surface area contributed by atoms with Crippen LogP contribution >= 0.6 is 0 Å². The minimum Gasteiger partial charge on any atom is -0.328 e. The first-order chi connectivity index (χ1) is 7.24. The molecule has 1 aliphatic heterocycles. The number of piperidine rings is 1. The molecule has 0 amide bonds. The molecule has 15 heavy (non-hydrogen) atoms. The number of benzene rings is 1. The predicted octanol–water partition coefficient (Wildman–Crippen LogP) is 1.70. The van der Waals surface area contributed by atoms with Gasteiger partial charge in [-0.05, 0) is 31.7 Å². The van der Waals surface area contributed by atoms with Gasteiger partial charge in [-0.25, -0.2) is 0 Å². The third-order valence-corrected chi connectivity index (χ3v) is 3.09. The molecule has 1 aromatic carbocycles. The van der Waals surface area contributed by atoms with Gasteiger partial charge in [-0.2, -0.15) is 0 Å². The highest BCUT2D eigenvalue weighted by molar-refractivity contribution is 5.16. The zero-order chi connectivity index (χ0) is 10.7. The van der Waals surface area contributed by atoms with Crippen LogP contribution in [0.15, 0.2) is 30.3 Å². The van der Waals surface area contributed by atoms with Crippen LogP contribution < -0.4 is 11.1 Å². The fourth-order valence-corrected chi connectivity index (χ4v) is 2.50. The molecule has 0 saturated carbocycles. The van der Waals surface area contributed by atoms with Gasteiger partial charge in [-0.3, -0.25) is 0 Å². The van der Waals surface area contributed by atoms with E-state index in [4.69, 9.17) is 5.73 Å². The second-order valence-electron chi connectivity index (χ2n) is 4.69. The summed E-state index contributed by atoms with van der Waals surface area (Å²) in [5.74, 6) is 0. The van der Waals surface area contributed by atoms with Crippen LogP contribution in [0.2, 0.25) is 0 Å². The van der Waals surface area contributed by atoms with Crippen LogP contribution in [-0.2, 0) is 6.42 Å². The second-order valence-corrected chi connectivity index (χ2v) is 4.69. The van der Waals surface area contributed by atoms with E-state index in [-0.39, 0.29) is 0 Å². The Bertz CT molecular complexity index is 287. The zero-order valence-corrected chi connectivity index (χ0v) is 9.32. The van der Waals surface area contributed by atoms with E-state index in [2.05, 4.69) is 42.6 Å². The molecule has 0 bridgehead atoms. The topological polar surface area (TPSA) is 38.0 Å². The Hall–Kier alpha value is -0.860. The maximum Gasteiger partial charge on any atom is 0.0125 e. The molecule has 0 radical (unpaired) electrons. The van der Waals surface area contributed by atoms with Crippen molar-refractivity contribution in [1.82, 2.24) is 5.32 Å². The molecular weight excluding hydrogens is 184 g/mol. The molecule has 3 atom stereocenters. The summed E-state index contributed by atoms with van der Waals surface area (Å²) in [6.07, 6.45) is 3.30. The van der Waals surface area contributed by atoms with E-state index in [9.17, 15) is 0 Å². The number of hydrogen-bond donors (Lipinski definition) is 2. The van der Waals surface area contributed by atoms with Crippen LogP contribution in [0.5, 0.6) is 0 Å². The minimum absolute atomic E-state index is 0.370. The third-order valence-electron chi connectivity index (χ3n) is 3.09. The number of rotatable bonds is 2. The summed E-state index contributed by atoms with van der Waals surface area (Å²) in [6, 6.07) is 12.1. The lowest BCUT2D eigenvalue weighted by Crippen LogP contribution is -2.49. The molecule has 1 heterocycles. The molecule has 1 saturated heterocycles. The van der Waals surface area contributed by atoms with Crippen molar-refractivity contribution in [2.75, 3.05) is 0 Å². The van der Waals surface area contributed by atoms with E-state index in [0.29, 0.717) is 18.1 Å². The molecule has 1 fully saturated rings. The van der Waals surface area contributed by atoms with Gasteiger partial charge < -0.3 is 11.1 Å². The Morgan fingerprint density at radius 1 is 1.27 bits per heavy atom. The van der Waals surface area contributed by atoms with E-state index in [0.717, 1.165) is 19.3 Å². The molecule has 0 spiro atoms. The first-order valence-corrected chi connectivity index (χ1v) is 5.79. The van der Waals surface area contributed by atoms with Crippen molar-refractivity contribution < 1.29 is 0 Å². The van der Waals surface area contributed by atoms with Crippen LogP contribution in [0.1, 0.15) is 25.3 Å². The van der Waals surface area contributed by atoms with Crippen molar-refractivity contribution in [1.29, 1.82) is 0 Å². The Labute approximate surface area is 91.9 Å². The summed E-state index contributed by atoms with van der Waals surface area (Å²) in [7, 11) is 0. The van der Waals surface area contributed by atoms with Crippen molar-refractivity contribution in [3.63, 3.8) is 0 Å². The highest BCUT2D eigenvalue weighted by Gasteiger charge is 2.23. The lowest BCUT2D eigenvalue weighted by molar-refractivity contribution is 0.301. The summed E-state index contributed by atoms with van der Waals surface area (Å²) in [5, 5.41) is 3.62. The van der Waals surface area contributed by atoms with Crippen LogP contribution in [0.4, 0.5) is 0 Å². The standard InChI is InChI=1S/C13H20N2/c1-10-7-12(14)9-13(15-10)8-11-5-3-2-4-6-11/h2-6,10,12-13,15H,7-9,14H2,1H3/t10-,12-,13+/m0/s1. The summed E-state index contributed by atoms with van der Waals surface area (Å²) >= 11 is 0. The van der Waals surface area contributed by atoms with Crippen molar-refractivity contribution in [2.24, 2.45) is 5.73 Å². The average Bonchev–Trinajstić information content (AvgIpc) is 2.17. The zero-order valence-electron chi connectivity index (χ0n) is 9.32. The molecule has 0 aromatic heterocycles. The van der Waals surface area contributed by atoms with E-state index >= 15 is 0 Å². The Morgan fingerprint density at radius 2 is 2.00 bits per heavy atom. The molecular formula is C13H20N2. The van der Waals surface area contributed by atoms with Crippen LogP contribution in [0.25, 0.3) is 0 Å². The molecule has 0 aliphatic carbocycles. The third kappa shape index (κ3) is 3.05. The maximum atomic E-state index is 6.03. The molecule has 2 nitrogen and oxygen atoms in total. The first kappa shape index (κ1) is 10.7. The van der Waals surface area contributed by atoms with Crippen LogP contribution in [0, 0.1) is 0 Å². The summed E-state index contributed by atoms with van der Waals surface area (Å²) < 4.78 is 0. The maximum absolute atomic E-state index is 6.03.